The van der Waals surface area contributed by atoms with Gasteiger partial charge in [0.05, 0.1) is 25.3 Å². The maximum Gasteiger partial charge on any atom is 0.410 e. The van der Waals surface area contributed by atoms with Crippen LogP contribution in [0.1, 0.15) is 27.7 Å². The highest BCUT2D eigenvalue weighted by atomic mass is 16.6. The van der Waals surface area contributed by atoms with Gasteiger partial charge in [-0.2, -0.15) is 0 Å². The summed E-state index contributed by atoms with van der Waals surface area (Å²) in [6, 6.07) is -0.423. The predicted molar refractivity (Wildman–Crippen MR) is 63.6 cm³/mol. The Hall–Kier alpha value is -1.07. The summed E-state index contributed by atoms with van der Waals surface area (Å²) in [4.78, 5) is 13.2. The average Bonchev–Trinajstić information content (AvgIpc) is 2.18. The summed E-state index contributed by atoms with van der Waals surface area (Å²) < 4.78 is 5.23. The van der Waals surface area contributed by atoms with Crippen molar-refractivity contribution in [3.63, 3.8) is 0 Å². The highest BCUT2D eigenvalue weighted by molar-refractivity contribution is 5.69. The number of carbonyl (C=O) groups is 1. The fourth-order valence-corrected chi connectivity index (χ4v) is 1.65. The van der Waals surface area contributed by atoms with E-state index in [0.717, 1.165) is 5.57 Å². The van der Waals surface area contributed by atoms with E-state index >= 15 is 0 Å². The number of nitrogens with zero attached hydrogens (tertiary/aromatic N) is 1. The van der Waals surface area contributed by atoms with E-state index in [1.165, 1.54) is 4.90 Å². The first kappa shape index (κ1) is 14.0. The molecule has 1 amide bonds. The maximum atomic E-state index is 11.9. The topological polar surface area (TPSA) is 70.0 Å². The van der Waals surface area contributed by atoms with E-state index in [9.17, 15) is 15.0 Å². The van der Waals surface area contributed by atoms with E-state index in [0.29, 0.717) is 0 Å². The van der Waals surface area contributed by atoms with Crippen LogP contribution in [-0.4, -0.2) is 52.1 Å². The molecule has 1 rings (SSSR count). The molecule has 1 aliphatic rings. The quantitative estimate of drug-likeness (QED) is 0.671. The molecule has 5 nitrogen and oxygen atoms in total. The van der Waals surface area contributed by atoms with Crippen molar-refractivity contribution < 1.29 is 19.7 Å². The third kappa shape index (κ3) is 3.71. The van der Waals surface area contributed by atoms with Gasteiger partial charge in [0, 0.05) is 0 Å². The number of aliphatic hydroxyl groups is 2. The molecule has 0 aromatic rings. The summed E-state index contributed by atoms with van der Waals surface area (Å²) in [5.74, 6) is 0. The SMILES string of the molecule is CC1=C[C@@H](CO)N(C(=O)OC(C)(C)C)C[C@H]1O. The molecule has 2 N–H and O–H groups in total. The van der Waals surface area contributed by atoms with Crippen molar-refractivity contribution in [1.82, 2.24) is 4.90 Å². The molecule has 0 unspecified atom stereocenters. The molecule has 0 fully saturated rings. The van der Waals surface area contributed by atoms with Crippen LogP contribution in [0.2, 0.25) is 0 Å². The van der Waals surface area contributed by atoms with E-state index in [2.05, 4.69) is 0 Å². The minimum absolute atomic E-state index is 0.155. The lowest BCUT2D eigenvalue weighted by atomic mass is 10.0. The second-order valence-electron chi connectivity index (χ2n) is 5.31. The second-order valence-corrected chi connectivity index (χ2v) is 5.31. The summed E-state index contributed by atoms with van der Waals surface area (Å²) in [5.41, 5.74) is 0.182. The van der Waals surface area contributed by atoms with Crippen LogP contribution in [0.15, 0.2) is 11.6 Å². The Kier molecular flexibility index (Phi) is 4.16. The van der Waals surface area contributed by atoms with E-state index < -0.39 is 23.8 Å². The molecule has 0 aromatic heterocycles. The largest absolute Gasteiger partial charge is 0.444 e. The summed E-state index contributed by atoms with van der Waals surface area (Å²) in [6.45, 7) is 7.09. The molecular weight excluding hydrogens is 222 g/mol. The molecule has 17 heavy (non-hydrogen) atoms. The third-order valence-electron chi connectivity index (χ3n) is 2.57. The fourth-order valence-electron chi connectivity index (χ4n) is 1.65. The van der Waals surface area contributed by atoms with Crippen molar-refractivity contribution >= 4 is 6.09 Å². The average molecular weight is 243 g/mol. The van der Waals surface area contributed by atoms with Crippen LogP contribution in [0.4, 0.5) is 4.79 Å². The standard InChI is InChI=1S/C12H21NO4/c1-8-5-9(7-14)13(6-10(8)15)11(16)17-12(2,3)4/h5,9-10,14-15H,6-7H2,1-4H3/t9-,10+/m0/s1. The van der Waals surface area contributed by atoms with Gasteiger partial charge in [0.25, 0.3) is 0 Å². The molecule has 0 saturated heterocycles. The van der Waals surface area contributed by atoms with E-state index in [1.54, 1.807) is 33.8 Å². The number of hydrogen-bond acceptors (Lipinski definition) is 4. The molecule has 1 heterocycles. The van der Waals surface area contributed by atoms with Crippen molar-refractivity contribution in [1.29, 1.82) is 0 Å². The lowest BCUT2D eigenvalue weighted by Crippen LogP contribution is -2.50. The lowest BCUT2D eigenvalue weighted by molar-refractivity contribution is 0.00215. The number of ether oxygens (including phenoxy) is 1. The lowest BCUT2D eigenvalue weighted by Gasteiger charge is -2.36. The van der Waals surface area contributed by atoms with Crippen molar-refractivity contribution in [2.75, 3.05) is 13.2 Å². The molecule has 5 heteroatoms. The number of hydrogen-bond donors (Lipinski definition) is 2. The van der Waals surface area contributed by atoms with Gasteiger partial charge >= 0.3 is 6.09 Å². The molecular formula is C12H21NO4. The molecule has 0 bridgehead atoms. The Bertz CT molecular complexity index is 319. The number of rotatable bonds is 1. The molecule has 2 atom stereocenters. The van der Waals surface area contributed by atoms with Gasteiger partial charge in [-0.15, -0.1) is 0 Å². The minimum atomic E-state index is -0.690. The Labute approximate surface area is 102 Å². The summed E-state index contributed by atoms with van der Waals surface area (Å²) in [6.07, 6.45) is 0.489. The molecule has 0 aliphatic carbocycles. The molecule has 0 aromatic carbocycles. The van der Waals surface area contributed by atoms with E-state index in [-0.39, 0.29) is 13.2 Å². The Balaban J connectivity index is 2.79. The van der Waals surface area contributed by atoms with Crippen LogP contribution in [0.3, 0.4) is 0 Å². The molecule has 0 radical (unpaired) electrons. The van der Waals surface area contributed by atoms with Gasteiger partial charge in [-0.05, 0) is 33.3 Å². The summed E-state index contributed by atoms with van der Waals surface area (Å²) in [5, 5.41) is 18.9. The molecule has 0 spiro atoms. The van der Waals surface area contributed by atoms with Crippen LogP contribution < -0.4 is 0 Å². The number of amides is 1. The van der Waals surface area contributed by atoms with Gasteiger partial charge in [-0.1, -0.05) is 6.08 Å². The first-order valence-electron chi connectivity index (χ1n) is 5.71. The van der Waals surface area contributed by atoms with Crippen molar-refractivity contribution in [2.45, 2.75) is 45.4 Å². The van der Waals surface area contributed by atoms with Gasteiger partial charge in [0.2, 0.25) is 0 Å². The van der Waals surface area contributed by atoms with Crippen molar-refractivity contribution in [2.24, 2.45) is 0 Å². The van der Waals surface area contributed by atoms with Crippen molar-refractivity contribution in [3.8, 4) is 0 Å². The summed E-state index contributed by atoms with van der Waals surface area (Å²) in [7, 11) is 0. The van der Waals surface area contributed by atoms with Gasteiger partial charge in [0.15, 0.2) is 0 Å². The Morgan fingerprint density at radius 1 is 1.59 bits per heavy atom. The summed E-state index contributed by atoms with van der Waals surface area (Å²) >= 11 is 0. The van der Waals surface area contributed by atoms with Gasteiger partial charge in [-0.25, -0.2) is 4.79 Å². The molecule has 0 saturated carbocycles. The van der Waals surface area contributed by atoms with Gasteiger partial charge < -0.3 is 14.9 Å². The first-order valence-corrected chi connectivity index (χ1v) is 5.71. The monoisotopic (exact) mass is 243 g/mol. The van der Waals surface area contributed by atoms with Crippen LogP contribution >= 0.6 is 0 Å². The zero-order valence-electron chi connectivity index (χ0n) is 10.8. The number of β-amino-alcohol motifs (C(OH)–C–C–N with tert-alkyl or cyclic N) is 1. The van der Waals surface area contributed by atoms with E-state index in [4.69, 9.17) is 4.74 Å². The van der Waals surface area contributed by atoms with Gasteiger partial charge in [-0.3, -0.25) is 4.90 Å². The van der Waals surface area contributed by atoms with Crippen LogP contribution in [-0.2, 0) is 4.74 Å². The highest BCUT2D eigenvalue weighted by Gasteiger charge is 2.32. The second kappa shape index (κ2) is 5.06. The Morgan fingerprint density at radius 3 is 2.65 bits per heavy atom. The van der Waals surface area contributed by atoms with Crippen LogP contribution in [0.25, 0.3) is 0 Å². The minimum Gasteiger partial charge on any atom is -0.444 e. The van der Waals surface area contributed by atoms with Crippen LogP contribution in [0, 0.1) is 0 Å². The zero-order valence-corrected chi connectivity index (χ0v) is 10.8. The third-order valence-corrected chi connectivity index (χ3v) is 2.57. The van der Waals surface area contributed by atoms with Gasteiger partial charge in [0.1, 0.15) is 5.60 Å². The number of aliphatic hydroxyl groups excluding tert-OH is 2. The smallest absolute Gasteiger partial charge is 0.410 e. The zero-order chi connectivity index (χ0) is 13.2. The normalized spacial score (nSPS) is 25.5. The van der Waals surface area contributed by atoms with Crippen LogP contribution in [0.5, 0.6) is 0 Å². The fraction of sp³-hybridized carbons (Fsp3) is 0.750. The predicted octanol–water partition coefficient (Wildman–Crippen LogP) is 0.905. The first-order chi connectivity index (χ1) is 7.74. The molecule has 1 aliphatic heterocycles. The molecule has 98 valence electrons. The highest BCUT2D eigenvalue weighted by Crippen LogP contribution is 2.19. The Morgan fingerprint density at radius 2 is 2.18 bits per heavy atom. The number of carbonyl (C=O) groups excluding carboxylic acids is 1. The van der Waals surface area contributed by atoms with E-state index in [1.807, 2.05) is 0 Å². The van der Waals surface area contributed by atoms with Crippen molar-refractivity contribution in [3.05, 3.63) is 11.6 Å². The maximum absolute atomic E-state index is 11.9.